The van der Waals surface area contributed by atoms with Gasteiger partial charge in [-0.3, -0.25) is 18.6 Å². The normalized spacial score (nSPS) is 13.3. The van der Waals surface area contributed by atoms with Crippen molar-refractivity contribution in [3.63, 3.8) is 0 Å². The second-order valence-electron chi connectivity index (χ2n) is 24.6. The van der Waals surface area contributed by atoms with E-state index in [1.807, 2.05) is 21.1 Å². The monoisotopic (exact) mass is 1120 g/mol. The lowest BCUT2D eigenvalue weighted by molar-refractivity contribution is -0.870. The molecule has 0 saturated heterocycles. The zero-order valence-electron chi connectivity index (χ0n) is 52.7. The summed E-state index contributed by atoms with van der Waals surface area (Å²) in [6.07, 6.45) is 74.5. The van der Waals surface area contributed by atoms with Crippen molar-refractivity contribution in [2.75, 3.05) is 47.5 Å². The molecule has 0 radical (unpaired) electrons. The van der Waals surface area contributed by atoms with Crippen molar-refractivity contribution in [1.29, 1.82) is 0 Å². The Morgan fingerprint density at radius 2 is 0.692 bits per heavy atom. The lowest BCUT2D eigenvalue weighted by Gasteiger charge is -2.24. The molecule has 0 amide bonds. The topological polar surface area (TPSA) is 108 Å². The molecule has 0 rings (SSSR count). The van der Waals surface area contributed by atoms with Crippen LogP contribution in [-0.4, -0.2) is 74.9 Å². The first-order valence-electron chi connectivity index (χ1n) is 34.1. The van der Waals surface area contributed by atoms with E-state index in [-0.39, 0.29) is 25.6 Å². The molecule has 2 atom stereocenters. The molecule has 0 heterocycles. The molecule has 9 nitrogen and oxygen atoms in total. The van der Waals surface area contributed by atoms with Crippen molar-refractivity contribution in [2.24, 2.45) is 0 Å². The number of phosphoric ester groups is 1. The molecule has 0 spiro atoms. The Morgan fingerprint density at radius 3 is 1.04 bits per heavy atom. The van der Waals surface area contributed by atoms with E-state index in [4.69, 9.17) is 18.5 Å². The fourth-order valence-electron chi connectivity index (χ4n) is 10.2. The van der Waals surface area contributed by atoms with Crippen molar-refractivity contribution in [3.8, 4) is 0 Å². The number of esters is 2. The predicted octanol–water partition coefficient (Wildman–Crippen LogP) is 21.7. The standard InChI is InChI=1S/C68H132NO8P/c1-6-8-10-12-14-16-18-20-22-24-25-26-27-28-29-30-31-32-33-34-35-36-37-38-39-40-41-42-43-45-46-48-50-52-54-56-58-60-67(70)74-64-66(65-76-78(72,73)75-63-62-69(3,4)5)77-68(71)61-59-57-55-53-51-49-47-44-23-21-19-17-15-13-11-9-7-2/h15,17,21,23,66H,6-14,16,18-20,22,24-65H2,1-5H3/p+1/b17-15-,23-21-. The molecule has 462 valence electrons. The van der Waals surface area contributed by atoms with Gasteiger partial charge in [-0.05, 0) is 44.9 Å². The molecule has 0 aromatic rings. The maximum absolute atomic E-state index is 12.8. The van der Waals surface area contributed by atoms with Crippen molar-refractivity contribution >= 4 is 19.8 Å². The molecular weight excluding hydrogens is 990 g/mol. The first kappa shape index (κ1) is 76.5. The molecule has 0 fully saturated rings. The van der Waals surface area contributed by atoms with Gasteiger partial charge in [0.2, 0.25) is 0 Å². The Bertz CT molecular complexity index is 1370. The molecule has 0 bridgehead atoms. The van der Waals surface area contributed by atoms with E-state index in [0.29, 0.717) is 23.9 Å². The Labute approximate surface area is 485 Å². The highest BCUT2D eigenvalue weighted by Crippen LogP contribution is 2.43. The highest BCUT2D eigenvalue weighted by molar-refractivity contribution is 7.47. The maximum atomic E-state index is 12.8. The van der Waals surface area contributed by atoms with Gasteiger partial charge in [-0.25, -0.2) is 4.57 Å². The average Bonchev–Trinajstić information content (AvgIpc) is 3.40. The molecular formula is C68H133NO8P+. The van der Waals surface area contributed by atoms with E-state index < -0.39 is 26.5 Å². The third-order valence-electron chi connectivity index (χ3n) is 15.5. The van der Waals surface area contributed by atoms with Crippen molar-refractivity contribution in [2.45, 2.75) is 354 Å². The van der Waals surface area contributed by atoms with E-state index in [2.05, 4.69) is 38.2 Å². The van der Waals surface area contributed by atoms with Crippen molar-refractivity contribution < 1.29 is 42.1 Å². The van der Waals surface area contributed by atoms with Gasteiger partial charge in [0.15, 0.2) is 6.10 Å². The molecule has 2 unspecified atom stereocenters. The molecule has 0 saturated carbocycles. The van der Waals surface area contributed by atoms with Gasteiger partial charge < -0.3 is 18.9 Å². The van der Waals surface area contributed by atoms with Gasteiger partial charge in [0.05, 0.1) is 27.7 Å². The summed E-state index contributed by atoms with van der Waals surface area (Å²) in [7, 11) is 1.49. The van der Waals surface area contributed by atoms with Crippen LogP contribution in [0.4, 0.5) is 0 Å². The number of carbonyl (C=O) groups is 2. The van der Waals surface area contributed by atoms with Crippen LogP contribution in [0.2, 0.25) is 0 Å². The molecule has 0 aliphatic rings. The van der Waals surface area contributed by atoms with E-state index in [1.54, 1.807) is 0 Å². The zero-order valence-corrected chi connectivity index (χ0v) is 53.6. The highest BCUT2D eigenvalue weighted by Gasteiger charge is 2.27. The van der Waals surface area contributed by atoms with Gasteiger partial charge in [0.1, 0.15) is 19.8 Å². The Balaban J connectivity index is 3.88. The van der Waals surface area contributed by atoms with Crippen LogP contribution in [-0.2, 0) is 32.7 Å². The van der Waals surface area contributed by atoms with Gasteiger partial charge in [0.25, 0.3) is 0 Å². The smallest absolute Gasteiger partial charge is 0.462 e. The van der Waals surface area contributed by atoms with Gasteiger partial charge in [-0.1, -0.05) is 314 Å². The molecule has 1 N–H and O–H groups in total. The summed E-state index contributed by atoms with van der Waals surface area (Å²) < 4.78 is 34.6. The van der Waals surface area contributed by atoms with Gasteiger partial charge in [0, 0.05) is 12.8 Å². The number of carbonyl (C=O) groups excluding carboxylic acids is 2. The first-order valence-corrected chi connectivity index (χ1v) is 35.6. The van der Waals surface area contributed by atoms with Crippen LogP contribution in [0.15, 0.2) is 24.3 Å². The highest BCUT2D eigenvalue weighted by atomic mass is 31.2. The largest absolute Gasteiger partial charge is 0.472 e. The second kappa shape index (κ2) is 60.1. The number of phosphoric acid groups is 1. The first-order chi connectivity index (χ1) is 38.0. The minimum absolute atomic E-state index is 0.0324. The van der Waals surface area contributed by atoms with E-state index >= 15 is 0 Å². The fraction of sp³-hybridized carbons (Fsp3) is 0.912. The number of hydrogen-bond donors (Lipinski definition) is 1. The molecule has 0 aromatic carbocycles. The van der Waals surface area contributed by atoms with E-state index in [9.17, 15) is 19.0 Å². The van der Waals surface area contributed by atoms with Gasteiger partial charge in [-0.2, -0.15) is 0 Å². The van der Waals surface area contributed by atoms with E-state index in [0.717, 1.165) is 51.4 Å². The van der Waals surface area contributed by atoms with Gasteiger partial charge >= 0.3 is 19.8 Å². The van der Waals surface area contributed by atoms with Crippen LogP contribution in [0.3, 0.4) is 0 Å². The van der Waals surface area contributed by atoms with Crippen molar-refractivity contribution in [1.82, 2.24) is 0 Å². The maximum Gasteiger partial charge on any atom is 0.472 e. The van der Waals surface area contributed by atoms with Crippen LogP contribution in [0, 0.1) is 0 Å². The summed E-state index contributed by atoms with van der Waals surface area (Å²) in [6, 6.07) is 0. The Kier molecular flexibility index (Phi) is 58.9. The minimum Gasteiger partial charge on any atom is -0.462 e. The average molecular weight is 1120 g/mol. The molecule has 78 heavy (non-hydrogen) atoms. The number of likely N-dealkylation sites (N-methyl/N-ethyl adjacent to an activating group) is 1. The Morgan fingerprint density at radius 1 is 0.397 bits per heavy atom. The molecule has 10 heteroatoms. The number of ether oxygens (including phenoxy) is 2. The number of hydrogen-bond acceptors (Lipinski definition) is 7. The number of unbranched alkanes of at least 4 members (excludes halogenated alkanes) is 46. The summed E-state index contributed by atoms with van der Waals surface area (Å²) in [5.74, 6) is -0.789. The molecule has 0 aliphatic carbocycles. The number of nitrogens with zero attached hydrogens (tertiary/aromatic N) is 1. The third-order valence-corrected chi connectivity index (χ3v) is 16.5. The second-order valence-corrected chi connectivity index (χ2v) is 26.0. The van der Waals surface area contributed by atoms with Crippen LogP contribution in [0.1, 0.15) is 348 Å². The number of allylic oxidation sites excluding steroid dienone is 4. The van der Waals surface area contributed by atoms with Crippen LogP contribution in [0.25, 0.3) is 0 Å². The molecule has 0 aliphatic heterocycles. The summed E-state index contributed by atoms with van der Waals surface area (Å²) in [5.41, 5.74) is 0. The van der Waals surface area contributed by atoms with Crippen molar-refractivity contribution in [3.05, 3.63) is 24.3 Å². The van der Waals surface area contributed by atoms with Gasteiger partial charge in [-0.15, -0.1) is 0 Å². The summed E-state index contributed by atoms with van der Waals surface area (Å²) in [4.78, 5) is 35.7. The zero-order chi connectivity index (χ0) is 57.0. The predicted molar refractivity (Wildman–Crippen MR) is 335 cm³/mol. The minimum atomic E-state index is -4.39. The Hall–Kier alpha value is -1.51. The quantitative estimate of drug-likeness (QED) is 0.0211. The lowest BCUT2D eigenvalue weighted by Crippen LogP contribution is -2.37. The fourth-order valence-corrected chi connectivity index (χ4v) is 11.0. The van der Waals surface area contributed by atoms with Crippen LogP contribution < -0.4 is 0 Å². The summed E-state index contributed by atoms with van der Waals surface area (Å²) in [6.45, 7) is 4.46. The summed E-state index contributed by atoms with van der Waals surface area (Å²) in [5, 5.41) is 0. The van der Waals surface area contributed by atoms with E-state index in [1.165, 1.54) is 263 Å². The lowest BCUT2D eigenvalue weighted by atomic mass is 10.0. The summed E-state index contributed by atoms with van der Waals surface area (Å²) >= 11 is 0. The third kappa shape index (κ3) is 63.7. The molecule has 0 aromatic heterocycles. The van der Waals surface area contributed by atoms with Crippen LogP contribution in [0.5, 0.6) is 0 Å². The number of quaternary nitrogens is 1. The number of rotatable bonds is 64. The SMILES string of the molecule is CCCCC/C=C\C/C=C\CCCCCCCCCC(=O)OC(COC(=O)CCCCCCCCCCCCCCCCCCCCCCCCCCCCCCCCCCCCCCC)COP(=O)(O)OCC[N+](C)(C)C. The van der Waals surface area contributed by atoms with Crippen LogP contribution >= 0.6 is 7.82 Å².